The van der Waals surface area contributed by atoms with Crippen molar-refractivity contribution in [3.05, 3.63) is 53.9 Å². The maximum Gasteiger partial charge on any atom is 0.213 e. The van der Waals surface area contributed by atoms with E-state index in [0.717, 1.165) is 0 Å². The van der Waals surface area contributed by atoms with Gasteiger partial charge in [0.1, 0.15) is 11.8 Å². The van der Waals surface area contributed by atoms with Gasteiger partial charge in [-0.05, 0) is 18.6 Å². The molecule has 0 amide bonds. The van der Waals surface area contributed by atoms with Crippen LogP contribution in [0.3, 0.4) is 0 Å². The minimum Gasteiger partial charge on any atom is -0.380 e. The largest absolute Gasteiger partial charge is 0.380 e. The molecule has 1 aromatic carbocycles. The molecule has 1 atom stereocenters. The molecule has 1 heterocycles. The van der Waals surface area contributed by atoms with Crippen LogP contribution >= 0.6 is 0 Å². The van der Waals surface area contributed by atoms with Crippen LogP contribution in [0.5, 0.6) is 0 Å². The van der Waals surface area contributed by atoms with Crippen molar-refractivity contribution in [2.75, 3.05) is 0 Å². The van der Waals surface area contributed by atoms with E-state index in [0.29, 0.717) is 17.8 Å². The number of carbonyl (C=O) groups excluding carboxylic acids is 1. The summed E-state index contributed by atoms with van der Waals surface area (Å²) in [6, 6.07) is 10.5. The summed E-state index contributed by atoms with van der Waals surface area (Å²) in [5, 5.41) is 14.0. The van der Waals surface area contributed by atoms with Crippen molar-refractivity contribution in [3.8, 4) is 0 Å². The summed E-state index contributed by atoms with van der Waals surface area (Å²) >= 11 is 0. The van der Waals surface area contributed by atoms with Crippen LogP contribution in [0, 0.1) is 0 Å². The molecule has 1 N–H and O–H groups in total. The van der Waals surface area contributed by atoms with E-state index in [9.17, 15) is 9.90 Å². The van der Waals surface area contributed by atoms with Gasteiger partial charge in [-0.25, -0.2) is 0 Å². The zero-order valence-electron chi connectivity index (χ0n) is 9.58. The first-order valence-corrected chi connectivity index (χ1v) is 5.53. The summed E-state index contributed by atoms with van der Waals surface area (Å²) in [4.78, 5) is 12.1. The van der Waals surface area contributed by atoms with Crippen molar-refractivity contribution < 1.29 is 9.90 Å². The van der Waals surface area contributed by atoms with Crippen molar-refractivity contribution in [2.45, 2.75) is 19.6 Å². The van der Waals surface area contributed by atoms with Gasteiger partial charge < -0.3 is 5.11 Å². The molecule has 0 spiro atoms. The number of aliphatic hydroxyl groups is 1. The van der Waals surface area contributed by atoms with E-state index in [1.807, 2.05) is 13.0 Å². The average Bonchev–Trinajstić information content (AvgIpc) is 2.86. The average molecular weight is 230 g/mol. The van der Waals surface area contributed by atoms with Gasteiger partial charge >= 0.3 is 0 Å². The fraction of sp³-hybridized carbons (Fsp3) is 0.231. The summed E-state index contributed by atoms with van der Waals surface area (Å²) in [6.07, 6.45) is 0.437. The Kier molecular flexibility index (Phi) is 3.35. The number of ketones is 1. The highest BCUT2D eigenvalue weighted by Crippen LogP contribution is 2.17. The highest BCUT2D eigenvalue weighted by molar-refractivity contribution is 5.98. The molecule has 2 rings (SSSR count). The van der Waals surface area contributed by atoms with E-state index in [-0.39, 0.29) is 5.78 Å². The Labute approximate surface area is 99.5 Å². The monoisotopic (exact) mass is 230 g/mol. The summed E-state index contributed by atoms with van der Waals surface area (Å²) in [5.74, 6) is -0.324. The van der Waals surface area contributed by atoms with Crippen LogP contribution in [0.2, 0.25) is 0 Å². The number of rotatable bonds is 4. The van der Waals surface area contributed by atoms with Gasteiger partial charge in [0, 0.05) is 12.7 Å². The predicted molar refractivity (Wildman–Crippen MR) is 63.6 cm³/mol. The Morgan fingerprint density at radius 3 is 2.71 bits per heavy atom. The number of carbonyl (C=O) groups is 1. The molecule has 0 aliphatic heterocycles. The third-order valence-electron chi connectivity index (χ3n) is 2.63. The predicted octanol–water partition coefficient (Wildman–Crippen LogP) is 1.82. The van der Waals surface area contributed by atoms with E-state index in [1.165, 1.54) is 0 Å². The Morgan fingerprint density at radius 2 is 2.06 bits per heavy atom. The van der Waals surface area contributed by atoms with Crippen LogP contribution in [0.1, 0.15) is 29.1 Å². The van der Waals surface area contributed by atoms with Crippen molar-refractivity contribution >= 4 is 5.78 Å². The van der Waals surface area contributed by atoms with E-state index in [2.05, 4.69) is 5.10 Å². The normalized spacial score (nSPS) is 12.4. The SMILES string of the molecule is CCn1nccc1C(=O)C(O)c1ccccc1. The molecular weight excluding hydrogens is 216 g/mol. The zero-order valence-corrected chi connectivity index (χ0v) is 9.58. The second-order valence-corrected chi connectivity index (χ2v) is 3.71. The van der Waals surface area contributed by atoms with Crippen molar-refractivity contribution in [2.24, 2.45) is 0 Å². The first-order chi connectivity index (χ1) is 8.24. The zero-order chi connectivity index (χ0) is 12.3. The lowest BCUT2D eigenvalue weighted by molar-refractivity contribution is 0.0736. The lowest BCUT2D eigenvalue weighted by Crippen LogP contribution is -2.17. The standard InChI is InChI=1S/C13H14N2O2/c1-2-15-11(8-9-14-15)13(17)12(16)10-6-4-3-5-7-10/h3-9,12,16H,2H2,1H3. The van der Waals surface area contributed by atoms with Crippen LogP contribution in [-0.2, 0) is 6.54 Å². The molecule has 2 aromatic rings. The number of aryl methyl sites for hydroxylation is 1. The van der Waals surface area contributed by atoms with E-state index in [4.69, 9.17) is 0 Å². The van der Waals surface area contributed by atoms with Crippen LogP contribution in [0.15, 0.2) is 42.6 Å². The number of aliphatic hydroxyl groups excluding tert-OH is 1. The topological polar surface area (TPSA) is 55.1 Å². The summed E-state index contributed by atoms with van der Waals surface area (Å²) in [7, 11) is 0. The molecule has 4 nitrogen and oxygen atoms in total. The van der Waals surface area contributed by atoms with Crippen LogP contribution < -0.4 is 0 Å². The number of aromatic nitrogens is 2. The molecule has 0 fully saturated rings. The van der Waals surface area contributed by atoms with Gasteiger partial charge in [-0.2, -0.15) is 5.10 Å². The molecule has 0 aliphatic rings. The molecular formula is C13H14N2O2. The van der Waals surface area contributed by atoms with Gasteiger partial charge in [0.25, 0.3) is 0 Å². The van der Waals surface area contributed by atoms with Gasteiger partial charge in [0.2, 0.25) is 5.78 Å². The molecule has 0 aliphatic carbocycles. The quantitative estimate of drug-likeness (QED) is 0.815. The summed E-state index contributed by atoms with van der Waals surface area (Å²) in [5.41, 5.74) is 1.03. The molecule has 88 valence electrons. The molecule has 0 saturated carbocycles. The Balaban J connectivity index is 2.27. The van der Waals surface area contributed by atoms with Gasteiger partial charge in [0.05, 0.1) is 0 Å². The maximum atomic E-state index is 12.1. The molecule has 1 unspecified atom stereocenters. The first kappa shape index (κ1) is 11.5. The fourth-order valence-electron chi connectivity index (χ4n) is 1.72. The minimum atomic E-state index is -1.13. The maximum absolute atomic E-state index is 12.1. The number of nitrogens with zero attached hydrogens (tertiary/aromatic N) is 2. The second kappa shape index (κ2) is 4.93. The fourth-order valence-corrected chi connectivity index (χ4v) is 1.72. The number of benzene rings is 1. The lowest BCUT2D eigenvalue weighted by atomic mass is 10.0. The summed E-state index contributed by atoms with van der Waals surface area (Å²) in [6.45, 7) is 2.51. The van der Waals surface area contributed by atoms with Crippen LogP contribution in [0.4, 0.5) is 0 Å². The molecule has 0 bridgehead atoms. The van der Waals surface area contributed by atoms with Gasteiger partial charge in [-0.3, -0.25) is 9.48 Å². The number of hydrogen-bond acceptors (Lipinski definition) is 3. The van der Waals surface area contributed by atoms with Gasteiger partial charge in [-0.1, -0.05) is 30.3 Å². The molecule has 0 saturated heterocycles. The molecule has 1 aromatic heterocycles. The van der Waals surface area contributed by atoms with E-state index < -0.39 is 6.10 Å². The molecule has 4 heteroatoms. The van der Waals surface area contributed by atoms with Crippen molar-refractivity contribution in [3.63, 3.8) is 0 Å². The van der Waals surface area contributed by atoms with Gasteiger partial charge in [-0.15, -0.1) is 0 Å². The minimum absolute atomic E-state index is 0.324. The molecule has 0 radical (unpaired) electrons. The first-order valence-electron chi connectivity index (χ1n) is 5.53. The van der Waals surface area contributed by atoms with Crippen molar-refractivity contribution in [1.82, 2.24) is 9.78 Å². The highest BCUT2D eigenvalue weighted by atomic mass is 16.3. The summed E-state index contributed by atoms with van der Waals surface area (Å²) < 4.78 is 1.58. The number of Topliss-reactive ketones (excluding diaryl/α,β-unsaturated/α-hetero) is 1. The smallest absolute Gasteiger partial charge is 0.213 e. The molecule has 17 heavy (non-hydrogen) atoms. The number of hydrogen-bond donors (Lipinski definition) is 1. The Bertz CT molecular complexity index is 505. The Hall–Kier alpha value is -1.94. The van der Waals surface area contributed by atoms with Gasteiger partial charge in [0.15, 0.2) is 0 Å². The third kappa shape index (κ3) is 2.26. The van der Waals surface area contributed by atoms with E-state index >= 15 is 0 Å². The lowest BCUT2D eigenvalue weighted by Gasteiger charge is -2.10. The third-order valence-corrected chi connectivity index (χ3v) is 2.63. The van der Waals surface area contributed by atoms with Crippen molar-refractivity contribution in [1.29, 1.82) is 0 Å². The second-order valence-electron chi connectivity index (χ2n) is 3.71. The highest BCUT2D eigenvalue weighted by Gasteiger charge is 2.21. The van der Waals surface area contributed by atoms with Crippen LogP contribution in [-0.4, -0.2) is 20.7 Å². The van der Waals surface area contributed by atoms with Crippen LogP contribution in [0.25, 0.3) is 0 Å². The van der Waals surface area contributed by atoms with E-state index in [1.54, 1.807) is 41.2 Å². The Morgan fingerprint density at radius 1 is 1.35 bits per heavy atom.